The minimum atomic E-state index is -3.90. The molecule has 0 fully saturated rings. The number of nitro benzene ring substituents is 1. The summed E-state index contributed by atoms with van der Waals surface area (Å²) in [5, 5.41) is 13.4. The summed E-state index contributed by atoms with van der Waals surface area (Å²) in [6.07, 6.45) is -1.42. The van der Waals surface area contributed by atoms with Crippen molar-refractivity contribution in [3.8, 4) is 11.3 Å². The summed E-state index contributed by atoms with van der Waals surface area (Å²) in [6, 6.07) is 14.2. The number of nitrogens with one attached hydrogen (secondary N) is 1. The lowest BCUT2D eigenvalue weighted by Crippen LogP contribution is -2.48. The average molecular weight is 507 g/mol. The Morgan fingerprint density at radius 2 is 1.91 bits per heavy atom. The second-order valence-electron chi connectivity index (χ2n) is 7.19. The molecule has 0 aliphatic heterocycles. The SMILES string of the molecule is CCN(C(COC)OC)C(NS(=O)(=O)c1ccccc1)c1nc(-c2cccc([N+](=O)[O-])c2)cs1. The number of ether oxygens (including phenoxy) is 2. The highest BCUT2D eigenvalue weighted by Crippen LogP contribution is 2.31. The fourth-order valence-corrected chi connectivity index (χ4v) is 5.56. The Morgan fingerprint density at radius 3 is 2.53 bits per heavy atom. The number of hydrogen-bond donors (Lipinski definition) is 1. The quantitative estimate of drug-likeness (QED) is 0.224. The molecule has 0 spiro atoms. The Bertz CT molecular complexity index is 1200. The van der Waals surface area contributed by atoms with Gasteiger partial charge >= 0.3 is 0 Å². The number of thiazole rings is 1. The van der Waals surface area contributed by atoms with Crippen LogP contribution in [0.15, 0.2) is 64.9 Å². The Morgan fingerprint density at radius 1 is 1.18 bits per heavy atom. The van der Waals surface area contributed by atoms with Gasteiger partial charge in [-0.15, -0.1) is 11.3 Å². The second kappa shape index (κ2) is 11.6. The Kier molecular flexibility index (Phi) is 8.83. The number of methoxy groups -OCH3 is 2. The highest BCUT2D eigenvalue weighted by Gasteiger charge is 2.33. The number of likely N-dealkylation sites (N-methyl/N-ethyl adjacent to an activating group) is 1. The largest absolute Gasteiger partial charge is 0.381 e. The molecule has 3 aromatic rings. The molecule has 0 radical (unpaired) electrons. The van der Waals surface area contributed by atoms with Gasteiger partial charge in [-0.25, -0.2) is 13.4 Å². The predicted molar refractivity (Wildman–Crippen MR) is 129 cm³/mol. The fraction of sp³-hybridized carbons (Fsp3) is 0.318. The molecule has 0 aliphatic rings. The van der Waals surface area contributed by atoms with Crippen molar-refractivity contribution >= 4 is 27.0 Å². The van der Waals surface area contributed by atoms with E-state index in [-0.39, 0.29) is 17.2 Å². The third-order valence-corrected chi connectivity index (χ3v) is 7.40. The number of non-ortho nitro benzene ring substituents is 1. The van der Waals surface area contributed by atoms with Crippen molar-refractivity contribution in [1.29, 1.82) is 0 Å². The summed E-state index contributed by atoms with van der Waals surface area (Å²) < 4.78 is 40.0. The van der Waals surface area contributed by atoms with Gasteiger partial charge in [0.15, 0.2) is 0 Å². The molecule has 0 aliphatic carbocycles. The number of hydrogen-bond acceptors (Lipinski definition) is 9. The predicted octanol–water partition coefficient (Wildman–Crippen LogP) is 3.64. The van der Waals surface area contributed by atoms with E-state index in [1.807, 2.05) is 6.92 Å². The highest BCUT2D eigenvalue weighted by molar-refractivity contribution is 7.89. The molecule has 182 valence electrons. The second-order valence-corrected chi connectivity index (χ2v) is 9.80. The zero-order valence-electron chi connectivity index (χ0n) is 19.0. The lowest BCUT2D eigenvalue weighted by molar-refractivity contribution is -0.384. The van der Waals surface area contributed by atoms with E-state index >= 15 is 0 Å². The third-order valence-electron chi connectivity index (χ3n) is 5.08. The van der Waals surface area contributed by atoms with Crippen LogP contribution in [0.5, 0.6) is 0 Å². The Hall–Kier alpha value is -2.74. The molecule has 1 heterocycles. The summed E-state index contributed by atoms with van der Waals surface area (Å²) in [5.41, 5.74) is 1.01. The highest BCUT2D eigenvalue weighted by atomic mass is 32.2. The van der Waals surface area contributed by atoms with E-state index in [1.54, 1.807) is 40.6 Å². The maximum atomic E-state index is 13.2. The molecule has 0 saturated carbocycles. The van der Waals surface area contributed by atoms with Gasteiger partial charge < -0.3 is 9.47 Å². The lowest BCUT2D eigenvalue weighted by Gasteiger charge is -2.35. The maximum absolute atomic E-state index is 13.2. The molecular weight excluding hydrogens is 480 g/mol. The maximum Gasteiger partial charge on any atom is 0.270 e. The first-order valence-electron chi connectivity index (χ1n) is 10.4. The zero-order chi connectivity index (χ0) is 24.7. The summed E-state index contributed by atoms with van der Waals surface area (Å²) in [5.74, 6) is 0. The molecule has 34 heavy (non-hydrogen) atoms. The minimum absolute atomic E-state index is 0.0527. The van der Waals surface area contributed by atoms with Crippen molar-refractivity contribution < 1.29 is 22.8 Å². The number of benzene rings is 2. The van der Waals surface area contributed by atoms with E-state index in [9.17, 15) is 18.5 Å². The van der Waals surface area contributed by atoms with Crippen LogP contribution in [0.1, 0.15) is 18.1 Å². The van der Waals surface area contributed by atoms with Crippen molar-refractivity contribution in [2.75, 3.05) is 27.4 Å². The van der Waals surface area contributed by atoms with E-state index in [1.165, 1.54) is 49.8 Å². The van der Waals surface area contributed by atoms with Gasteiger partial charge in [0.1, 0.15) is 17.4 Å². The van der Waals surface area contributed by atoms with Crippen LogP contribution in [0.25, 0.3) is 11.3 Å². The standard InChI is InChI=1S/C22H26N4O6S2/c1-4-25(20(32-3)14-31-2)21(24-34(29,30)18-11-6-5-7-12-18)22-23-19(15-33-22)16-9-8-10-17(13-16)26(27)28/h5-13,15,20-21,24H,4,14H2,1-3H3. The van der Waals surface area contributed by atoms with Crippen LogP contribution in [0.2, 0.25) is 0 Å². The van der Waals surface area contributed by atoms with Crippen LogP contribution in [0, 0.1) is 10.1 Å². The molecule has 2 atom stereocenters. The van der Waals surface area contributed by atoms with Gasteiger partial charge in [0, 0.05) is 37.3 Å². The van der Waals surface area contributed by atoms with Crippen molar-refractivity contribution in [2.24, 2.45) is 0 Å². The molecule has 12 heteroatoms. The van der Waals surface area contributed by atoms with Crippen LogP contribution in [-0.2, 0) is 19.5 Å². The molecule has 1 N–H and O–H groups in total. The van der Waals surface area contributed by atoms with Crippen LogP contribution in [-0.4, -0.2) is 56.8 Å². The van der Waals surface area contributed by atoms with Gasteiger partial charge in [-0.1, -0.05) is 37.3 Å². The van der Waals surface area contributed by atoms with E-state index in [0.29, 0.717) is 22.8 Å². The molecule has 0 saturated heterocycles. The molecule has 0 amide bonds. The number of nitro groups is 1. The van der Waals surface area contributed by atoms with Crippen LogP contribution >= 0.6 is 11.3 Å². The van der Waals surface area contributed by atoms with Gasteiger partial charge in [-0.2, -0.15) is 4.72 Å². The fourth-order valence-electron chi connectivity index (χ4n) is 3.39. The van der Waals surface area contributed by atoms with E-state index in [2.05, 4.69) is 9.71 Å². The van der Waals surface area contributed by atoms with Gasteiger partial charge in [0.05, 0.1) is 22.1 Å². The first kappa shape index (κ1) is 25.9. The Labute approximate surface area is 202 Å². The number of sulfonamides is 1. The first-order valence-corrected chi connectivity index (χ1v) is 12.7. The number of aromatic nitrogens is 1. The van der Waals surface area contributed by atoms with Crippen molar-refractivity contribution in [2.45, 2.75) is 24.2 Å². The lowest BCUT2D eigenvalue weighted by atomic mass is 10.1. The first-order chi connectivity index (χ1) is 16.3. The Balaban J connectivity index is 2.03. The zero-order valence-corrected chi connectivity index (χ0v) is 20.6. The molecule has 3 rings (SSSR count). The van der Waals surface area contributed by atoms with Crippen LogP contribution in [0.4, 0.5) is 5.69 Å². The molecule has 0 bridgehead atoms. The summed E-state index contributed by atoms with van der Waals surface area (Å²) >= 11 is 1.25. The van der Waals surface area contributed by atoms with Gasteiger partial charge in [0.2, 0.25) is 10.0 Å². The average Bonchev–Trinajstić information content (AvgIpc) is 3.34. The van der Waals surface area contributed by atoms with E-state index in [0.717, 1.165) is 0 Å². The monoisotopic (exact) mass is 506 g/mol. The summed E-state index contributed by atoms with van der Waals surface area (Å²) in [4.78, 5) is 17.2. The molecule has 2 unspecified atom stereocenters. The minimum Gasteiger partial charge on any atom is -0.381 e. The normalized spacial score (nSPS) is 13.6. The smallest absolute Gasteiger partial charge is 0.270 e. The molecule has 10 nitrogen and oxygen atoms in total. The third kappa shape index (κ3) is 6.03. The molecular formula is C22H26N4O6S2. The van der Waals surface area contributed by atoms with Crippen molar-refractivity contribution in [3.63, 3.8) is 0 Å². The van der Waals surface area contributed by atoms with Crippen LogP contribution in [0.3, 0.4) is 0 Å². The van der Waals surface area contributed by atoms with Crippen LogP contribution < -0.4 is 4.72 Å². The van der Waals surface area contributed by atoms with Crippen molar-refractivity contribution in [3.05, 3.63) is 75.1 Å². The van der Waals surface area contributed by atoms with E-state index < -0.39 is 27.3 Å². The summed E-state index contributed by atoms with van der Waals surface area (Å²) in [7, 11) is -0.850. The number of rotatable bonds is 12. The van der Waals surface area contributed by atoms with Gasteiger partial charge in [0.25, 0.3) is 5.69 Å². The molecule has 2 aromatic carbocycles. The molecule has 1 aromatic heterocycles. The van der Waals surface area contributed by atoms with Crippen molar-refractivity contribution in [1.82, 2.24) is 14.6 Å². The number of nitrogens with zero attached hydrogens (tertiary/aromatic N) is 3. The van der Waals surface area contributed by atoms with Gasteiger partial charge in [-0.3, -0.25) is 15.0 Å². The van der Waals surface area contributed by atoms with Gasteiger partial charge in [-0.05, 0) is 18.7 Å². The topological polar surface area (TPSA) is 124 Å². The van der Waals surface area contributed by atoms with E-state index in [4.69, 9.17) is 9.47 Å². The summed E-state index contributed by atoms with van der Waals surface area (Å²) in [6.45, 7) is 2.51.